The topological polar surface area (TPSA) is 51.2 Å². The lowest BCUT2D eigenvalue weighted by Crippen LogP contribution is -2.41. The number of likely N-dealkylation sites (N-methyl/N-ethyl adjacent to an activating group) is 1. The predicted molar refractivity (Wildman–Crippen MR) is 105 cm³/mol. The lowest BCUT2D eigenvalue weighted by Gasteiger charge is -2.31. The zero-order chi connectivity index (χ0) is 19.4. The Labute approximate surface area is 160 Å². The Kier molecular flexibility index (Phi) is 5.74. The minimum Gasteiger partial charge on any atom is -0.495 e. The number of ether oxygens (including phenoxy) is 3. The van der Waals surface area contributed by atoms with E-state index in [0.717, 1.165) is 29.2 Å². The SMILES string of the molecule is COc1cc2c(cc1OC)CN(C(=O)CN(C)c1ccccc1OC)CC2. The van der Waals surface area contributed by atoms with Crippen LogP contribution in [0.4, 0.5) is 5.69 Å². The molecule has 0 bridgehead atoms. The molecule has 1 aliphatic rings. The molecule has 6 heteroatoms. The number of rotatable bonds is 6. The molecule has 1 amide bonds. The number of para-hydroxylation sites is 2. The molecule has 1 aliphatic heterocycles. The number of carbonyl (C=O) groups is 1. The van der Waals surface area contributed by atoms with Crippen molar-refractivity contribution in [3.05, 3.63) is 47.5 Å². The summed E-state index contributed by atoms with van der Waals surface area (Å²) in [5.41, 5.74) is 3.21. The summed E-state index contributed by atoms with van der Waals surface area (Å²) in [5.74, 6) is 2.26. The fraction of sp³-hybridized carbons (Fsp3) is 0.381. The number of methoxy groups -OCH3 is 3. The molecule has 0 aliphatic carbocycles. The molecule has 6 nitrogen and oxygen atoms in total. The number of hydrogen-bond acceptors (Lipinski definition) is 5. The normalized spacial score (nSPS) is 13.0. The highest BCUT2D eigenvalue weighted by Crippen LogP contribution is 2.33. The Morgan fingerprint density at radius 2 is 1.63 bits per heavy atom. The average Bonchev–Trinajstić information content (AvgIpc) is 2.71. The van der Waals surface area contributed by atoms with Gasteiger partial charge in [0.25, 0.3) is 0 Å². The summed E-state index contributed by atoms with van der Waals surface area (Å²) < 4.78 is 16.2. The van der Waals surface area contributed by atoms with Crippen LogP contribution < -0.4 is 19.1 Å². The van der Waals surface area contributed by atoms with Crippen LogP contribution in [0.2, 0.25) is 0 Å². The molecule has 0 saturated carbocycles. The van der Waals surface area contributed by atoms with Crippen LogP contribution in [0.25, 0.3) is 0 Å². The number of anilines is 1. The molecule has 0 unspecified atom stereocenters. The fourth-order valence-corrected chi connectivity index (χ4v) is 3.43. The maximum Gasteiger partial charge on any atom is 0.242 e. The van der Waals surface area contributed by atoms with Crippen LogP contribution in [-0.2, 0) is 17.8 Å². The number of fused-ring (bicyclic) bond motifs is 1. The molecule has 2 aromatic carbocycles. The average molecular weight is 370 g/mol. The van der Waals surface area contributed by atoms with Crippen molar-refractivity contribution in [3.63, 3.8) is 0 Å². The van der Waals surface area contributed by atoms with E-state index in [0.29, 0.717) is 25.4 Å². The Morgan fingerprint density at radius 1 is 1.00 bits per heavy atom. The van der Waals surface area contributed by atoms with E-state index in [1.165, 1.54) is 5.56 Å². The Balaban J connectivity index is 1.72. The van der Waals surface area contributed by atoms with Gasteiger partial charge >= 0.3 is 0 Å². The van der Waals surface area contributed by atoms with Crippen molar-refractivity contribution in [3.8, 4) is 17.2 Å². The third-order valence-electron chi connectivity index (χ3n) is 4.94. The van der Waals surface area contributed by atoms with Gasteiger partial charge in [0, 0.05) is 20.1 Å². The van der Waals surface area contributed by atoms with E-state index in [1.807, 2.05) is 53.2 Å². The van der Waals surface area contributed by atoms with Crippen LogP contribution in [0.15, 0.2) is 36.4 Å². The van der Waals surface area contributed by atoms with Gasteiger partial charge in [-0.3, -0.25) is 4.79 Å². The first-order valence-electron chi connectivity index (χ1n) is 8.93. The van der Waals surface area contributed by atoms with Crippen LogP contribution >= 0.6 is 0 Å². The Morgan fingerprint density at radius 3 is 2.30 bits per heavy atom. The van der Waals surface area contributed by atoms with E-state index in [9.17, 15) is 4.79 Å². The number of nitrogens with zero attached hydrogens (tertiary/aromatic N) is 2. The Hall–Kier alpha value is -2.89. The summed E-state index contributed by atoms with van der Waals surface area (Å²) in [6.45, 7) is 1.57. The molecule has 1 heterocycles. The summed E-state index contributed by atoms with van der Waals surface area (Å²) in [6, 6.07) is 11.7. The molecule has 0 N–H and O–H groups in total. The van der Waals surface area contributed by atoms with Crippen molar-refractivity contribution in [1.82, 2.24) is 4.90 Å². The lowest BCUT2D eigenvalue weighted by molar-refractivity contribution is -0.130. The molecule has 3 rings (SSSR count). The number of benzene rings is 2. The van der Waals surface area contributed by atoms with Gasteiger partial charge in [0.1, 0.15) is 5.75 Å². The smallest absolute Gasteiger partial charge is 0.242 e. The van der Waals surface area contributed by atoms with Crippen LogP contribution in [0.5, 0.6) is 17.2 Å². The lowest BCUT2D eigenvalue weighted by atomic mass is 9.98. The first-order chi connectivity index (χ1) is 13.1. The van der Waals surface area contributed by atoms with Crippen molar-refractivity contribution in [1.29, 1.82) is 0 Å². The molecular weight excluding hydrogens is 344 g/mol. The zero-order valence-electron chi connectivity index (χ0n) is 16.3. The van der Waals surface area contributed by atoms with Crippen molar-refractivity contribution < 1.29 is 19.0 Å². The molecule has 0 spiro atoms. The summed E-state index contributed by atoms with van der Waals surface area (Å²) in [7, 11) is 6.80. The van der Waals surface area contributed by atoms with Crippen molar-refractivity contribution in [2.45, 2.75) is 13.0 Å². The highest BCUT2D eigenvalue weighted by atomic mass is 16.5. The number of amides is 1. The second-order valence-electron chi connectivity index (χ2n) is 6.57. The molecule has 0 saturated heterocycles. The van der Waals surface area contributed by atoms with Crippen LogP contribution in [0, 0.1) is 0 Å². The Bertz CT molecular complexity index is 822. The predicted octanol–water partition coefficient (Wildman–Crippen LogP) is 2.73. The molecule has 0 aromatic heterocycles. The molecule has 2 aromatic rings. The summed E-state index contributed by atoms with van der Waals surface area (Å²) >= 11 is 0. The third kappa shape index (κ3) is 3.94. The zero-order valence-corrected chi connectivity index (χ0v) is 16.3. The van der Waals surface area contributed by atoms with Gasteiger partial charge in [0.2, 0.25) is 5.91 Å². The summed E-state index contributed by atoms with van der Waals surface area (Å²) in [4.78, 5) is 16.7. The van der Waals surface area contributed by atoms with Crippen molar-refractivity contribution in [2.24, 2.45) is 0 Å². The van der Waals surface area contributed by atoms with Gasteiger partial charge in [-0.1, -0.05) is 12.1 Å². The quantitative estimate of drug-likeness (QED) is 0.783. The highest BCUT2D eigenvalue weighted by molar-refractivity contribution is 5.82. The van der Waals surface area contributed by atoms with Gasteiger partial charge in [-0.15, -0.1) is 0 Å². The van der Waals surface area contributed by atoms with Gasteiger partial charge in [-0.25, -0.2) is 0 Å². The monoisotopic (exact) mass is 370 g/mol. The van der Waals surface area contributed by atoms with Crippen molar-refractivity contribution >= 4 is 11.6 Å². The van der Waals surface area contributed by atoms with Gasteiger partial charge in [-0.2, -0.15) is 0 Å². The van der Waals surface area contributed by atoms with E-state index in [1.54, 1.807) is 21.3 Å². The molecule has 144 valence electrons. The van der Waals surface area contributed by atoms with E-state index in [-0.39, 0.29) is 5.91 Å². The minimum absolute atomic E-state index is 0.0869. The number of hydrogen-bond donors (Lipinski definition) is 0. The summed E-state index contributed by atoms with van der Waals surface area (Å²) in [6.07, 6.45) is 0.805. The highest BCUT2D eigenvalue weighted by Gasteiger charge is 2.24. The standard InChI is InChI=1S/C21H26N2O4/c1-22(17-7-5-6-8-18(17)25-2)14-21(24)23-10-9-15-11-19(26-3)20(27-4)12-16(15)13-23/h5-8,11-12H,9-10,13-14H2,1-4H3. The van der Waals surface area contributed by atoms with Gasteiger partial charge in [0.05, 0.1) is 33.6 Å². The second kappa shape index (κ2) is 8.20. The minimum atomic E-state index is 0.0869. The maximum absolute atomic E-state index is 12.9. The number of carbonyl (C=O) groups excluding carboxylic acids is 1. The van der Waals surface area contributed by atoms with Crippen LogP contribution in [-0.4, -0.2) is 52.3 Å². The van der Waals surface area contributed by atoms with Gasteiger partial charge in [0.15, 0.2) is 11.5 Å². The summed E-state index contributed by atoms with van der Waals surface area (Å²) in [5, 5.41) is 0. The third-order valence-corrected chi connectivity index (χ3v) is 4.94. The van der Waals surface area contributed by atoms with Crippen LogP contribution in [0.3, 0.4) is 0 Å². The first-order valence-corrected chi connectivity index (χ1v) is 8.93. The van der Waals surface area contributed by atoms with Gasteiger partial charge in [-0.05, 0) is 41.8 Å². The molecule has 0 fully saturated rings. The molecular formula is C21H26N2O4. The van der Waals surface area contributed by atoms with E-state index < -0.39 is 0 Å². The largest absolute Gasteiger partial charge is 0.495 e. The maximum atomic E-state index is 12.9. The molecule has 0 radical (unpaired) electrons. The van der Waals surface area contributed by atoms with Gasteiger partial charge < -0.3 is 24.0 Å². The van der Waals surface area contributed by atoms with E-state index in [4.69, 9.17) is 14.2 Å². The first kappa shape index (κ1) is 18.9. The van der Waals surface area contributed by atoms with E-state index in [2.05, 4.69) is 0 Å². The molecule has 0 atom stereocenters. The molecule has 27 heavy (non-hydrogen) atoms. The second-order valence-corrected chi connectivity index (χ2v) is 6.57. The van der Waals surface area contributed by atoms with Crippen molar-refractivity contribution in [2.75, 3.05) is 46.4 Å². The fourth-order valence-electron chi connectivity index (χ4n) is 3.43. The van der Waals surface area contributed by atoms with E-state index >= 15 is 0 Å². The van der Waals surface area contributed by atoms with Crippen LogP contribution in [0.1, 0.15) is 11.1 Å².